The van der Waals surface area contributed by atoms with Crippen molar-refractivity contribution in [2.24, 2.45) is 0 Å². The molecule has 0 spiro atoms. The Bertz CT molecular complexity index is 354. The Morgan fingerprint density at radius 2 is 2.47 bits per heavy atom. The van der Waals surface area contributed by atoms with Crippen LogP contribution in [-0.4, -0.2) is 35.4 Å². The summed E-state index contributed by atoms with van der Waals surface area (Å²) in [7, 11) is 1.42. The van der Waals surface area contributed by atoms with Gasteiger partial charge in [0.2, 0.25) is 0 Å². The predicted molar refractivity (Wildman–Crippen MR) is 73.7 cm³/mol. The molecule has 5 nitrogen and oxygen atoms in total. The third-order valence-electron chi connectivity index (χ3n) is 2.38. The number of hydrogen-bond acceptors (Lipinski definition) is 4. The molecule has 0 saturated carbocycles. The molecule has 0 aliphatic heterocycles. The summed E-state index contributed by atoms with van der Waals surface area (Å²) in [6, 6.07) is -0.248. The van der Waals surface area contributed by atoms with E-state index in [0.717, 1.165) is 16.5 Å². The second-order valence-corrected chi connectivity index (χ2v) is 4.99. The SMILES string of the molecule is CCCNC(CCn1cc(I)cn1)C(=O)OC. The van der Waals surface area contributed by atoms with Gasteiger partial charge in [0.05, 0.1) is 16.9 Å². The van der Waals surface area contributed by atoms with E-state index in [-0.39, 0.29) is 12.0 Å². The molecular formula is C11H18IN3O2. The lowest BCUT2D eigenvalue weighted by molar-refractivity contribution is -0.143. The highest BCUT2D eigenvalue weighted by atomic mass is 127. The van der Waals surface area contributed by atoms with Crippen molar-refractivity contribution in [3.8, 4) is 0 Å². The second kappa shape index (κ2) is 7.65. The monoisotopic (exact) mass is 351 g/mol. The van der Waals surface area contributed by atoms with Gasteiger partial charge in [-0.15, -0.1) is 0 Å². The van der Waals surface area contributed by atoms with Gasteiger partial charge < -0.3 is 10.1 Å². The maximum Gasteiger partial charge on any atom is 0.322 e. The largest absolute Gasteiger partial charge is 0.468 e. The zero-order valence-electron chi connectivity index (χ0n) is 10.1. The number of nitrogens with zero attached hydrogens (tertiary/aromatic N) is 2. The number of carbonyl (C=O) groups is 1. The average molecular weight is 351 g/mol. The summed E-state index contributed by atoms with van der Waals surface area (Å²) in [6.45, 7) is 3.59. The van der Waals surface area contributed by atoms with Crippen LogP contribution >= 0.6 is 22.6 Å². The summed E-state index contributed by atoms with van der Waals surface area (Å²) < 4.78 is 7.71. The molecule has 0 aliphatic carbocycles. The number of aryl methyl sites for hydroxylation is 1. The number of methoxy groups -OCH3 is 1. The molecule has 0 saturated heterocycles. The highest BCUT2D eigenvalue weighted by Crippen LogP contribution is 2.04. The fourth-order valence-electron chi connectivity index (χ4n) is 1.49. The fraction of sp³-hybridized carbons (Fsp3) is 0.636. The van der Waals surface area contributed by atoms with Crippen LogP contribution in [0.3, 0.4) is 0 Å². The Kier molecular flexibility index (Phi) is 6.49. The van der Waals surface area contributed by atoms with Crippen LogP contribution in [0.25, 0.3) is 0 Å². The van der Waals surface area contributed by atoms with E-state index in [9.17, 15) is 4.79 Å². The van der Waals surface area contributed by atoms with Gasteiger partial charge in [-0.1, -0.05) is 6.92 Å². The third kappa shape index (κ3) is 5.03. The number of esters is 1. The molecule has 1 N–H and O–H groups in total. The van der Waals surface area contributed by atoms with Gasteiger partial charge in [0.25, 0.3) is 0 Å². The molecule has 6 heteroatoms. The van der Waals surface area contributed by atoms with Gasteiger partial charge in [-0.05, 0) is 42.0 Å². The van der Waals surface area contributed by atoms with Crippen molar-refractivity contribution in [3.63, 3.8) is 0 Å². The molecule has 0 fully saturated rings. The first-order valence-corrected chi connectivity index (χ1v) is 6.74. The minimum absolute atomic E-state index is 0.208. The minimum atomic E-state index is -0.248. The van der Waals surface area contributed by atoms with Gasteiger partial charge >= 0.3 is 5.97 Å². The molecule has 1 heterocycles. The number of carbonyl (C=O) groups excluding carboxylic acids is 1. The molecule has 96 valence electrons. The van der Waals surface area contributed by atoms with Crippen molar-refractivity contribution in [1.29, 1.82) is 0 Å². The Morgan fingerprint density at radius 1 is 1.71 bits per heavy atom. The quantitative estimate of drug-likeness (QED) is 0.596. The number of ether oxygens (including phenoxy) is 1. The lowest BCUT2D eigenvalue weighted by Crippen LogP contribution is -2.38. The molecule has 0 amide bonds. The van der Waals surface area contributed by atoms with Crippen molar-refractivity contribution in [1.82, 2.24) is 15.1 Å². The molecular weight excluding hydrogens is 333 g/mol. The van der Waals surface area contributed by atoms with E-state index in [2.05, 4.69) is 39.9 Å². The smallest absolute Gasteiger partial charge is 0.322 e. The van der Waals surface area contributed by atoms with E-state index in [0.29, 0.717) is 13.0 Å². The minimum Gasteiger partial charge on any atom is -0.468 e. The maximum atomic E-state index is 11.5. The first kappa shape index (κ1) is 14.4. The average Bonchev–Trinajstić information content (AvgIpc) is 2.74. The normalized spacial score (nSPS) is 12.4. The van der Waals surface area contributed by atoms with Gasteiger partial charge in [0.15, 0.2) is 0 Å². The van der Waals surface area contributed by atoms with Crippen molar-refractivity contribution in [3.05, 3.63) is 16.0 Å². The van der Waals surface area contributed by atoms with Crippen LogP contribution < -0.4 is 5.32 Å². The number of nitrogens with one attached hydrogen (secondary N) is 1. The number of halogens is 1. The Morgan fingerprint density at radius 3 is 3.00 bits per heavy atom. The highest BCUT2D eigenvalue weighted by molar-refractivity contribution is 14.1. The molecule has 1 unspecified atom stereocenters. The van der Waals surface area contributed by atoms with Crippen molar-refractivity contribution >= 4 is 28.6 Å². The fourth-order valence-corrected chi connectivity index (χ4v) is 1.93. The van der Waals surface area contributed by atoms with Crippen LogP contribution in [0, 0.1) is 3.57 Å². The molecule has 1 atom stereocenters. The molecule has 1 rings (SSSR count). The maximum absolute atomic E-state index is 11.5. The van der Waals surface area contributed by atoms with Crippen molar-refractivity contribution in [2.75, 3.05) is 13.7 Å². The van der Waals surface area contributed by atoms with E-state index < -0.39 is 0 Å². The Balaban J connectivity index is 2.45. The lowest BCUT2D eigenvalue weighted by Gasteiger charge is -2.15. The van der Waals surface area contributed by atoms with E-state index in [1.165, 1.54) is 7.11 Å². The summed E-state index contributed by atoms with van der Waals surface area (Å²) in [5, 5.41) is 7.36. The third-order valence-corrected chi connectivity index (χ3v) is 2.93. The second-order valence-electron chi connectivity index (χ2n) is 3.74. The van der Waals surface area contributed by atoms with Crippen LogP contribution in [0.1, 0.15) is 19.8 Å². The summed E-state index contributed by atoms with van der Waals surface area (Å²) in [5.74, 6) is -0.208. The van der Waals surface area contributed by atoms with Crippen LogP contribution in [0.2, 0.25) is 0 Å². The first-order valence-electron chi connectivity index (χ1n) is 5.66. The molecule has 0 aromatic carbocycles. The van der Waals surface area contributed by atoms with E-state index >= 15 is 0 Å². The predicted octanol–water partition coefficient (Wildman–Crippen LogP) is 1.42. The van der Waals surface area contributed by atoms with Crippen LogP contribution in [0.4, 0.5) is 0 Å². The van der Waals surface area contributed by atoms with Crippen molar-refractivity contribution < 1.29 is 9.53 Å². The number of rotatable bonds is 7. The topological polar surface area (TPSA) is 56.2 Å². The van der Waals surface area contributed by atoms with Crippen LogP contribution in [0.5, 0.6) is 0 Å². The highest BCUT2D eigenvalue weighted by Gasteiger charge is 2.17. The van der Waals surface area contributed by atoms with Gasteiger partial charge in [-0.2, -0.15) is 5.10 Å². The molecule has 0 aliphatic rings. The summed E-state index contributed by atoms with van der Waals surface area (Å²) in [5.41, 5.74) is 0. The molecule has 1 aromatic rings. The number of hydrogen-bond donors (Lipinski definition) is 1. The molecule has 17 heavy (non-hydrogen) atoms. The first-order chi connectivity index (χ1) is 8.17. The van der Waals surface area contributed by atoms with E-state index in [1.54, 1.807) is 6.20 Å². The standard InChI is InChI=1S/C11H18IN3O2/c1-3-5-13-10(11(16)17-2)4-6-15-8-9(12)7-14-15/h7-8,10,13H,3-6H2,1-2H3. The van der Waals surface area contributed by atoms with Gasteiger partial charge in [-0.25, -0.2) is 0 Å². The lowest BCUT2D eigenvalue weighted by atomic mass is 10.2. The zero-order chi connectivity index (χ0) is 12.7. The summed E-state index contributed by atoms with van der Waals surface area (Å²) >= 11 is 2.21. The van der Waals surface area contributed by atoms with E-state index in [1.807, 2.05) is 10.9 Å². The number of aromatic nitrogens is 2. The Hall–Kier alpha value is -0.630. The molecule has 1 aromatic heterocycles. The van der Waals surface area contributed by atoms with Gasteiger partial charge in [0.1, 0.15) is 6.04 Å². The van der Waals surface area contributed by atoms with Crippen LogP contribution in [-0.2, 0) is 16.1 Å². The van der Waals surface area contributed by atoms with Crippen LogP contribution in [0.15, 0.2) is 12.4 Å². The summed E-state index contributed by atoms with van der Waals surface area (Å²) in [6.07, 6.45) is 5.43. The van der Waals surface area contributed by atoms with Crippen molar-refractivity contribution in [2.45, 2.75) is 32.4 Å². The molecule has 0 radical (unpaired) electrons. The Labute approximate surface area is 115 Å². The van der Waals surface area contributed by atoms with Gasteiger partial charge in [-0.3, -0.25) is 9.48 Å². The summed E-state index contributed by atoms with van der Waals surface area (Å²) in [4.78, 5) is 11.5. The zero-order valence-corrected chi connectivity index (χ0v) is 12.3. The molecule has 0 bridgehead atoms. The van der Waals surface area contributed by atoms with E-state index in [4.69, 9.17) is 4.74 Å². The van der Waals surface area contributed by atoms with Gasteiger partial charge in [0, 0.05) is 12.7 Å².